The molecule has 3 aromatic rings. The van der Waals surface area contributed by atoms with Crippen molar-refractivity contribution in [2.75, 3.05) is 17.3 Å². The molecule has 0 aliphatic rings. The molecule has 4 N–H and O–H groups in total. The highest BCUT2D eigenvalue weighted by molar-refractivity contribution is 7.80. The molecule has 8 heteroatoms. The van der Waals surface area contributed by atoms with Gasteiger partial charge in [0.15, 0.2) is 11.4 Å². The summed E-state index contributed by atoms with van der Waals surface area (Å²) in [6.07, 6.45) is 0.805. The van der Waals surface area contributed by atoms with Crippen molar-refractivity contribution in [3.8, 4) is 0 Å². The Balaban J connectivity index is 0.00000222. The molecule has 0 saturated heterocycles. The van der Waals surface area contributed by atoms with Gasteiger partial charge in [-0.15, -0.1) is 0 Å². The van der Waals surface area contributed by atoms with Crippen LogP contribution in [0.1, 0.15) is 42.3 Å². The Hall–Kier alpha value is -4.17. The number of rotatable bonds is 8. The zero-order chi connectivity index (χ0) is 26.7. The molecule has 0 unspecified atom stereocenters. The van der Waals surface area contributed by atoms with E-state index in [-0.39, 0.29) is 10.7 Å². The van der Waals surface area contributed by atoms with Gasteiger partial charge in [0.05, 0.1) is 5.56 Å². The van der Waals surface area contributed by atoms with Crippen LogP contribution in [0.3, 0.4) is 0 Å². The molecule has 3 aromatic carbocycles. The van der Waals surface area contributed by atoms with E-state index < -0.39 is 5.97 Å². The third-order valence-electron chi connectivity index (χ3n) is 5.20. The Morgan fingerprint density at radius 1 is 0.972 bits per heavy atom. The molecule has 0 aliphatic carbocycles. The molecular formula is C28H32N4O3S. The number of aryl methyl sites for hydroxylation is 1. The van der Waals surface area contributed by atoms with E-state index in [1.54, 1.807) is 19.1 Å². The third-order valence-corrected chi connectivity index (χ3v) is 5.40. The van der Waals surface area contributed by atoms with E-state index in [2.05, 4.69) is 22.2 Å². The average Bonchev–Trinajstić information content (AvgIpc) is 2.89. The fraction of sp³-hybridized carbons (Fsp3) is 0.179. The van der Waals surface area contributed by atoms with Gasteiger partial charge in [-0.25, -0.2) is 4.79 Å². The maximum absolute atomic E-state index is 12.1. The van der Waals surface area contributed by atoms with Gasteiger partial charge in [0.25, 0.3) is 0 Å². The van der Waals surface area contributed by atoms with Gasteiger partial charge >= 0.3 is 5.97 Å². The number of aldehydes is 1. The predicted octanol–water partition coefficient (Wildman–Crippen LogP) is 5.91. The van der Waals surface area contributed by atoms with Crippen molar-refractivity contribution in [3.63, 3.8) is 0 Å². The van der Waals surface area contributed by atoms with Crippen molar-refractivity contribution in [2.24, 2.45) is 0 Å². The van der Waals surface area contributed by atoms with E-state index in [0.29, 0.717) is 17.0 Å². The number of benzene rings is 3. The van der Waals surface area contributed by atoms with Gasteiger partial charge in [-0.05, 0) is 68.0 Å². The largest absolute Gasteiger partial charge is 0.478 e. The number of carbonyl (C=O) groups excluding carboxylic acids is 1. The number of nitrogens with one attached hydrogen (secondary N) is 3. The van der Waals surface area contributed by atoms with Crippen LogP contribution >= 0.6 is 12.2 Å². The highest BCUT2D eigenvalue weighted by Crippen LogP contribution is 2.32. The lowest BCUT2D eigenvalue weighted by Gasteiger charge is -2.24. The summed E-state index contributed by atoms with van der Waals surface area (Å²) in [4.78, 5) is 25.3. The quantitative estimate of drug-likeness (QED) is 0.130. The summed E-state index contributed by atoms with van der Waals surface area (Å²) in [6, 6.07) is 22.1. The van der Waals surface area contributed by atoms with E-state index in [4.69, 9.17) is 17.3 Å². The average molecular weight is 505 g/mol. The second-order valence-electron chi connectivity index (χ2n) is 7.66. The molecular weight excluding hydrogens is 472 g/mol. The number of nitrogens with zero attached hydrogens (tertiary/aromatic N) is 1. The lowest BCUT2D eigenvalue weighted by atomic mass is 10.0. The topological polar surface area (TPSA) is 93.7 Å². The van der Waals surface area contributed by atoms with Crippen molar-refractivity contribution < 1.29 is 14.7 Å². The van der Waals surface area contributed by atoms with Crippen LogP contribution in [0.15, 0.2) is 78.5 Å². The minimum Gasteiger partial charge on any atom is -0.478 e. The first-order chi connectivity index (χ1) is 17.3. The SMILES string of the molecule is C/C(NNC(=S)Nc1cccc(C(=O)O)c1)=C(/C=O)c1ccccc1N(C)c1cccc(C)c1.CC. The zero-order valence-corrected chi connectivity index (χ0v) is 21.9. The summed E-state index contributed by atoms with van der Waals surface area (Å²) in [5.41, 5.74) is 11.3. The number of carboxylic acid groups (broad SMARTS) is 1. The number of hydrazine groups is 1. The van der Waals surface area contributed by atoms with Crippen LogP contribution in [0.4, 0.5) is 17.1 Å². The number of thiocarbonyl (C=S) groups is 1. The molecule has 0 atom stereocenters. The van der Waals surface area contributed by atoms with Gasteiger partial charge in [0.1, 0.15) is 0 Å². The molecule has 0 saturated carbocycles. The van der Waals surface area contributed by atoms with Crippen LogP contribution in [0.25, 0.3) is 5.57 Å². The van der Waals surface area contributed by atoms with Crippen LogP contribution in [-0.2, 0) is 4.79 Å². The van der Waals surface area contributed by atoms with Crippen molar-refractivity contribution in [1.82, 2.24) is 10.9 Å². The first-order valence-electron chi connectivity index (χ1n) is 11.5. The molecule has 0 heterocycles. The van der Waals surface area contributed by atoms with E-state index in [9.17, 15) is 9.59 Å². The molecule has 0 aromatic heterocycles. The van der Waals surface area contributed by atoms with Crippen LogP contribution in [-0.4, -0.2) is 29.5 Å². The number of para-hydroxylation sites is 1. The first-order valence-corrected chi connectivity index (χ1v) is 11.9. The minimum atomic E-state index is -1.02. The van der Waals surface area contributed by atoms with Crippen LogP contribution in [0.2, 0.25) is 0 Å². The van der Waals surface area contributed by atoms with Gasteiger partial charge in [-0.3, -0.25) is 10.2 Å². The molecule has 0 bridgehead atoms. The molecule has 0 spiro atoms. The second-order valence-corrected chi connectivity index (χ2v) is 8.07. The molecule has 0 radical (unpaired) electrons. The summed E-state index contributed by atoms with van der Waals surface area (Å²) in [6.45, 7) is 7.81. The predicted molar refractivity (Wildman–Crippen MR) is 152 cm³/mol. The van der Waals surface area contributed by atoms with Crippen molar-refractivity contribution >= 4 is 52.2 Å². The monoisotopic (exact) mass is 504 g/mol. The fourth-order valence-electron chi connectivity index (χ4n) is 3.43. The smallest absolute Gasteiger partial charge is 0.335 e. The summed E-state index contributed by atoms with van der Waals surface area (Å²) < 4.78 is 0. The number of hydrogen-bond donors (Lipinski definition) is 4. The van der Waals surface area contributed by atoms with Gasteiger partial charge in [-0.1, -0.05) is 50.2 Å². The third kappa shape index (κ3) is 7.41. The van der Waals surface area contributed by atoms with Gasteiger partial charge in [0.2, 0.25) is 0 Å². The number of carboxylic acids is 1. The lowest BCUT2D eigenvalue weighted by Crippen LogP contribution is -2.39. The van der Waals surface area contributed by atoms with Crippen LogP contribution < -0.4 is 21.1 Å². The van der Waals surface area contributed by atoms with Crippen molar-refractivity contribution in [2.45, 2.75) is 27.7 Å². The molecule has 0 amide bonds. The number of aromatic carboxylic acids is 1. The number of anilines is 3. The molecule has 3 rings (SSSR count). The first kappa shape index (κ1) is 28.1. The number of allylic oxidation sites excluding steroid dienone is 2. The van der Waals surface area contributed by atoms with Gasteiger partial charge in [-0.2, -0.15) is 0 Å². The molecule has 7 nitrogen and oxygen atoms in total. The molecule has 188 valence electrons. The lowest BCUT2D eigenvalue weighted by molar-refractivity contribution is -0.103. The van der Waals surface area contributed by atoms with Crippen molar-refractivity contribution in [3.05, 3.63) is 95.2 Å². The Labute approximate surface area is 217 Å². The number of hydrogen-bond acceptors (Lipinski definition) is 5. The zero-order valence-electron chi connectivity index (χ0n) is 21.1. The standard InChI is InChI=1S/C26H26N4O3S.C2H6/c1-17-8-6-11-21(14-17)30(3)24-13-5-4-12-22(24)23(16-31)18(2)28-29-26(34)27-20-10-7-9-19(15-20)25(32)33;1-2/h4-16,28H,1-3H3,(H,32,33)(H2,27,29,34);1-2H3/b23-18+;. The van der Waals surface area contributed by atoms with E-state index in [1.807, 2.05) is 75.2 Å². The highest BCUT2D eigenvalue weighted by Gasteiger charge is 2.15. The fourth-order valence-corrected chi connectivity index (χ4v) is 3.60. The van der Waals surface area contributed by atoms with E-state index >= 15 is 0 Å². The summed E-state index contributed by atoms with van der Waals surface area (Å²) >= 11 is 5.30. The molecule has 0 aliphatic heterocycles. The van der Waals surface area contributed by atoms with E-state index in [0.717, 1.165) is 28.8 Å². The maximum Gasteiger partial charge on any atom is 0.335 e. The Morgan fingerprint density at radius 3 is 2.33 bits per heavy atom. The Morgan fingerprint density at radius 2 is 1.67 bits per heavy atom. The molecule has 36 heavy (non-hydrogen) atoms. The normalized spacial score (nSPS) is 10.7. The summed E-state index contributed by atoms with van der Waals surface area (Å²) in [5.74, 6) is -1.02. The Bertz CT molecular complexity index is 1260. The van der Waals surface area contributed by atoms with Gasteiger partial charge in [0, 0.05) is 40.9 Å². The minimum absolute atomic E-state index is 0.148. The van der Waals surface area contributed by atoms with Crippen molar-refractivity contribution in [1.29, 1.82) is 0 Å². The highest BCUT2D eigenvalue weighted by atomic mass is 32.1. The van der Waals surface area contributed by atoms with Crippen LogP contribution in [0.5, 0.6) is 0 Å². The summed E-state index contributed by atoms with van der Waals surface area (Å²) in [7, 11) is 1.96. The van der Waals surface area contributed by atoms with Crippen LogP contribution in [0, 0.1) is 6.92 Å². The molecule has 0 fully saturated rings. The van der Waals surface area contributed by atoms with E-state index in [1.165, 1.54) is 12.1 Å². The summed E-state index contributed by atoms with van der Waals surface area (Å²) in [5, 5.41) is 12.3. The maximum atomic E-state index is 12.1. The number of carbonyl (C=O) groups is 2. The Kier molecular flexibility index (Phi) is 10.6. The van der Waals surface area contributed by atoms with Gasteiger partial charge < -0.3 is 20.7 Å². The second kappa shape index (κ2) is 13.7.